The summed E-state index contributed by atoms with van der Waals surface area (Å²) < 4.78 is 0. The van der Waals surface area contributed by atoms with E-state index in [9.17, 15) is 0 Å². The molecule has 1 atom stereocenters. The average Bonchev–Trinajstić information content (AvgIpc) is 2.28. The molecule has 0 spiro atoms. The van der Waals surface area contributed by atoms with Gasteiger partial charge in [-0.15, -0.1) is 0 Å². The Morgan fingerprint density at radius 3 is 2.44 bits per heavy atom. The van der Waals surface area contributed by atoms with Crippen molar-refractivity contribution in [2.75, 3.05) is 6.54 Å². The largest absolute Gasteiger partial charge is 0.314 e. The number of likely N-dealkylation sites (N-methyl/N-ethyl adjacent to an activating group) is 1. The van der Waals surface area contributed by atoms with Crippen LogP contribution in [0.2, 0.25) is 5.02 Å². The Balaban J connectivity index is 2.60. The van der Waals surface area contributed by atoms with E-state index in [0.717, 1.165) is 18.0 Å². The molecular weight excluding hydrogens is 242 g/mol. The Hall–Kier alpha value is -0.530. The van der Waals surface area contributed by atoms with Crippen molar-refractivity contribution in [1.29, 1.82) is 0 Å². The first-order chi connectivity index (χ1) is 8.42. The smallest absolute Gasteiger partial charge is 0.0438 e. The van der Waals surface area contributed by atoms with Crippen molar-refractivity contribution in [2.24, 2.45) is 5.41 Å². The van der Waals surface area contributed by atoms with Gasteiger partial charge in [-0.25, -0.2) is 0 Å². The topological polar surface area (TPSA) is 12.0 Å². The van der Waals surface area contributed by atoms with E-state index in [-0.39, 0.29) is 0 Å². The molecule has 1 N–H and O–H groups in total. The molecule has 0 aliphatic heterocycles. The standard InChI is InChI=1S/C16H26ClN/c1-5-18-14(10-11-16(2,3)4)12-13-8-6-7-9-15(13)17/h6-9,14,18H,5,10-12H2,1-4H3. The maximum atomic E-state index is 6.23. The molecule has 1 aromatic rings. The predicted molar refractivity (Wildman–Crippen MR) is 81.3 cm³/mol. The van der Waals surface area contributed by atoms with Gasteiger partial charge in [-0.1, -0.05) is 57.5 Å². The lowest BCUT2D eigenvalue weighted by Gasteiger charge is -2.24. The fraction of sp³-hybridized carbons (Fsp3) is 0.625. The molecule has 0 aliphatic carbocycles. The van der Waals surface area contributed by atoms with Crippen LogP contribution in [0.4, 0.5) is 0 Å². The summed E-state index contributed by atoms with van der Waals surface area (Å²) in [5, 5.41) is 4.46. The van der Waals surface area contributed by atoms with Gasteiger partial charge < -0.3 is 5.32 Å². The summed E-state index contributed by atoms with van der Waals surface area (Å²) >= 11 is 6.23. The molecule has 0 saturated heterocycles. The molecule has 102 valence electrons. The lowest BCUT2D eigenvalue weighted by Crippen LogP contribution is -2.32. The van der Waals surface area contributed by atoms with Gasteiger partial charge in [-0.3, -0.25) is 0 Å². The third-order valence-electron chi connectivity index (χ3n) is 3.16. The van der Waals surface area contributed by atoms with Gasteiger partial charge in [0.2, 0.25) is 0 Å². The van der Waals surface area contributed by atoms with E-state index in [1.807, 2.05) is 12.1 Å². The van der Waals surface area contributed by atoms with Crippen molar-refractivity contribution in [2.45, 2.75) is 53.0 Å². The third-order valence-corrected chi connectivity index (χ3v) is 3.53. The van der Waals surface area contributed by atoms with Crippen LogP contribution in [0.25, 0.3) is 0 Å². The molecule has 1 nitrogen and oxygen atoms in total. The first-order valence-electron chi connectivity index (χ1n) is 6.89. The molecule has 0 fully saturated rings. The summed E-state index contributed by atoms with van der Waals surface area (Å²) in [4.78, 5) is 0. The minimum atomic E-state index is 0.397. The van der Waals surface area contributed by atoms with Gasteiger partial charge in [0.15, 0.2) is 0 Å². The van der Waals surface area contributed by atoms with Crippen LogP contribution in [0, 0.1) is 5.41 Å². The molecule has 0 aliphatic rings. The van der Waals surface area contributed by atoms with Crippen molar-refractivity contribution in [1.82, 2.24) is 5.32 Å². The summed E-state index contributed by atoms with van der Waals surface area (Å²) in [5.74, 6) is 0. The fourth-order valence-corrected chi connectivity index (χ4v) is 2.31. The van der Waals surface area contributed by atoms with E-state index in [4.69, 9.17) is 11.6 Å². The van der Waals surface area contributed by atoms with Gasteiger partial charge in [0.25, 0.3) is 0 Å². The molecule has 1 unspecified atom stereocenters. The van der Waals surface area contributed by atoms with Gasteiger partial charge in [0.05, 0.1) is 0 Å². The zero-order valence-electron chi connectivity index (χ0n) is 12.1. The predicted octanol–water partition coefficient (Wildman–Crippen LogP) is 4.69. The molecule has 1 aromatic carbocycles. The Morgan fingerprint density at radius 2 is 1.89 bits per heavy atom. The number of rotatable bonds is 6. The Morgan fingerprint density at radius 1 is 1.22 bits per heavy atom. The van der Waals surface area contributed by atoms with Gasteiger partial charge in [-0.2, -0.15) is 0 Å². The van der Waals surface area contributed by atoms with Crippen LogP contribution in [0.5, 0.6) is 0 Å². The normalized spacial score (nSPS) is 13.6. The maximum Gasteiger partial charge on any atom is 0.0438 e. The van der Waals surface area contributed by atoms with Crippen molar-refractivity contribution in [3.8, 4) is 0 Å². The van der Waals surface area contributed by atoms with Gasteiger partial charge in [-0.05, 0) is 42.9 Å². The molecule has 0 radical (unpaired) electrons. The molecular formula is C16H26ClN. The Kier molecular flexibility index (Phi) is 6.17. The van der Waals surface area contributed by atoms with E-state index in [0.29, 0.717) is 11.5 Å². The van der Waals surface area contributed by atoms with E-state index in [1.54, 1.807) is 0 Å². The average molecular weight is 268 g/mol. The van der Waals surface area contributed by atoms with Gasteiger partial charge >= 0.3 is 0 Å². The van der Waals surface area contributed by atoms with E-state index in [1.165, 1.54) is 18.4 Å². The third kappa shape index (κ3) is 5.88. The quantitative estimate of drug-likeness (QED) is 0.789. The number of nitrogens with one attached hydrogen (secondary N) is 1. The highest BCUT2D eigenvalue weighted by molar-refractivity contribution is 6.31. The molecule has 0 heterocycles. The number of halogens is 1. The van der Waals surface area contributed by atoms with Gasteiger partial charge in [0.1, 0.15) is 0 Å². The van der Waals surface area contributed by atoms with Crippen LogP contribution in [0.15, 0.2) is 24.3 Å². The highest BCUT2D eigenvalue weighted by Gasteiger charge is 2.15. The second kappa shape index (κ2) is 7.16. The second-order valence-electron chi connectivity index (χ2n) is 6.15. The number of hydrogen-bond acceptors (Lipinski definition) is 1. The second-order valence-corrected chi connectivity index (χ2v) is 6.56. The molecule has 0 bridgehead atoms. The lowest BCUT2D eigenvalue weighted by molar-refractivity contribution is 0.330. The van der Waals surface area contributed by atoms with Crippen LogP contribution in [-0.2, 0) is 6.42 Å². The van der Waals surface area contributed by atoms with E-state index >= 15 is 0 Å². The Bertz CT molecular complexity index is 354. The summed E-state index contributed by atoms with van der Waals surface area (Å²) in [6.07, 6.45) is 3.45. The monoisotopic (exact) mass is 267 g/mol. The van der Waals surface area contributed by atoms with Crippen LogP contribution in [0.3, 0.4) is 0 Å². The van der Waals surface area contributed by atoms with Crippen molar-refractivity contribution >= 4 is 11.6 Å². The summed E-state index contributed by atoms with van der Waals surface area (Å²) in [6, 6.07) is 8.68. The van der Waals surface area contributed by atoms with Crippen molar-refractivity contribution in [3.05, 3.63) is 34.9 Å². The summed E-state index contributed by atoms with van der Waals surface area (Å²) in [5.41, 5.74) is 1.65. The van der Waals surface area contributed by atoms with E-state index < -0.39 is 0 Å². The van der Waals surface area contributed by atoms with Crippen LogP contribution < -0.4 is 5.32 Å². The minimum Gasteiger partial charge on any atom is -0.314 e. The Labute approximate surface area is 117 Å². The van der Waals surface area contributed by atoms with Crippen LogP contribution in [-0.4, -0.2) is 12.6 Å². The maximum absolute atomic E-state index is 6.23. The van der Waals surface area contributed by atoms with Crippen LogP contribution >= 0.6 is 11.6 Å². The van der Waals surface area contributed by atoms with E-state index in [2.05, 4.69) is 45.1 Å². The zero-order chi connectivity index (χ0) is 13.6. The van der Waals surface area contributed by atoms with Crippen LogP contribution in [0.1, 0.15) is 46.1 Å². The highest BCUT2D eigenvalue weighted by atomic mass is 35.5. The number of hydrogen-bond donors (Lipinski definition) is 1. The minimum absolute atomic E-state index is 0.397. The summed E-state index contributed by atoms with van der Waals surface area (Å²) in [6.45, 7) is 10.1. The fourth-order valence-electron chi connectivity index (χ4n) is 2.10. The molecule has 0 amide bonds. The zero-order valence-corrected chi connectivity index (χ0v) is 12.8. The first kappa shape index (κ1) is 15.5. The SMILES string of the molecule is CCNC(CCC(C)(C)C)Cc1ccccc1Cl. The highest BCUT2D eigenvalue weighted by Crippen LogP contribution is 2.24. The molecule has 1 rings (SSSR count). The molecule has 2 heteroatoms. The lowest BCUT2D eigenvalue weighted by atomic mass is 9.87. The summed E-state index contributed by atoms with van der Waals surface area (Å²) in [7, 11) is 0. The van der Waals surface area contributed by atoms with Crippen molar-refractivity contribution in [3.63, 3.8) is 0 Å². The van der Waals surface area contributed by atoms with Gasteiger partial charge in [0, 0.05) is 11.1 Å². The van der Waals surface area contributed by atoms with Crippen molar-refractivity contribution < 1.29 is 0 Å². The molecule has 0 aromatic heterocycles. The molecule has 18 heavy (non-hydrogen) atoms. The molecule has 0 saturated carbocycles. The first-order valence-corrected chi connectivity index (χ1v) is 7.27. The number of benzene rings is 1.